The van der Waals surface area contributed by atoms with Crippen LogP contribution in [0.2, 0.25) is 0 Å². The minimum absolute atomic E-state index is 0.0346. The molecular weight excluding hydrogens is 386 g/mol. The Morgan fingerprint density at radius 1 is 0.850 bits per heavy atom. The molecule has 2 bridgehead atoms. The van der Waals surface area contributed by atoms with Gasteiger partial charge in [-0.2, -0.15) is 0 Å². The summed E-state index contributed by atoms with van der Waals surface area (Å²) < 4.78 is 0. The van der Waals surface area contributed by atoms with Gasteiger partial charge in [-0.25, -0.2) is 0 Å². The molecule has 110 valence electrons. The minimum atomic E-state index is -0.0346. The zero-order valence-corrected chi connectivity index (χ0v) is 14.5. The lowest BCUT2D eigenvalue weighted by Crippen LogP contribution is -2.42. The molecule has 3 aliphatic carbocycles. The molecule has 4 fully saturated rings. The molecule has 0 aromatic heterocycles. The number of carbonyl (C=O) groups excluding carboxylic acids is 2. The lowest BCUT2D eigenvalue weighted by molar-refractivity contribution is -0.144. The smallest absolute Gasteiger partial charge is 0.233 e. The van der Waals surface area contributed by atoms with Crippen LogP contribution in [0, 0.1) is 23.7 Å². The first-order valence-electron chi connectivity index (χ1n) is 7.76. The van der Waals surface area contributed by atoms with Crippen molar-refractivity contribution in [2.24, 2.45) is 23.7 Å². The average Bonchev–Trinajstić information content (AvgIpc) is 3.05. The number of alkyl halides is 2. The van der Waals surface area contributed by atoms with Crippen molar-refractivity contribution in [2.75, 3.05) is 0 Å². The predicted molar refractivity (Wildman–Crippen MR) is 82.7 cm³/mol. The molecule has 3 saturated carbocycles. The van der Waals surface area contributed by atoms with E-state index < -0.39 is 0 Å². The number of fused-ring (bicyclic) bond motifs is 5. The van der Waals surface area contributed by atoms with E-state index in [1.165, 1.54) is 6.42 Å². The fraction of sp³-hybridized carbons (Fsp3) is 0.867. The second-order valence-corrected chi connectivity index (χ2v) is 8.96. The Hall–Kier alpha value is 0.1000. The van der Waals surface area contributed by atoms with Crippen LogP contribution in [0.5, 0.6) is 0 Å². The number of amides is 2. The second kappa shape index (κ2) is 4.80. The van der Waals surface area contributed by atoms with E-state index in [0.29, 0.717) is 21.5 Å². The van der Waals surface area contributed by atoms with Crippen molar-refractivity contribution in [1.29, 1.82) is 0 Å². The van der Waals surface area contributed by atoms with Crippen molar-refractivity contribution in [1.82, 2.24) is 4.90 Å². The molecule has 1 aliphatic heterocycles. The summed E-state index contributed by atoms with van der Waals surface area (Å²) in [6.07, 6.45) is 6.62. The van der Waals surface area contributed by atoms with Crippen LogP contribution in [-0.4, -0.2) is 32.4 Å². The highest BCUT2D eigenvalue weighted by Gasteiger charge is 2.66. The molecule has 0 spiro atoms. The zero-order chi connectivity index (χ0) is 14.0. The Morgan fingerprint density at radius 3 is 1.85 bits per heavy atom. The highest BCUT2D eigenvalue weighted by molar-refractivity contribution is 9.12. The van der Waals surface area contributed by atoms with Crippen molar-refractivity contribution in [2.45, 2.75) is 54.2 Å². The van der Waals surface area contributed by atoms with Gasteiger partial charge in [0.1, 0.15) is 0 Å². The van der Waals surface area contributed by atoms with E-state index >= 15 is 0 Å². The van der Waals surface area contributed by atoms with Crippen LogP contribution in [0.3, 0.4) is 0 Å². The van der Waals surface area contributed by atoms with Gasteiger partial charge in [-0.15, -0.1) is 0 Å². The first-order valence-corrected chi connectivity index (χ1v) is 9.59. The van der Waals surface area contributed by atoms with E-state index in [1.54, 1.807) is 4.90 Å². The summed E-state index contributed by atoms with van der Waals surface area (Å²) in [5.74, 6) is 0.908. The molecule has 1 heterocycles. The molecule has 20 heavy (non-hydrogen) atoms. The molecule has 0 N–H and O–H groups in total. The minimum Gasteiger partial charge on any atom is -0.279 e. The third-order valence-corrected chi connectivity index (χ3v) is 9.17. The molecule has 6 atom stereocenters. The monoisotopic (exact) mass is 403 g/mol. The van der Waals surface area contributed by atoms with Gasteiger partial charge < -0.3 is 0 Å². The molecule has 1 saturated heterocycles. The first kappa shape index (κ1) is 13.7. The second-order valence-electron chi connectivity index (χ2n) is 6.84. The van der Waals surface area contributed by atoms with Crippen LogP contribution in [0.15, 0.2) is 0 Å². The quantitative estimate of drug-likeness (QED) is 0.497. The van der Waals surface area contributed by atoms with E-state index in [2.05, 4.69) is 31.9 Å². The van der Waals surface area contributed by atoms with Gasteiger partial charge in [0.2, 0.25) is 11.8 Å². The van der Waals surface area contributed by atoms with Gasteiger partial charge in [0.25, 0.3) is 0 Å². The van der Waals surface area contributed by atoms with E-state index in [9.17, 15) is 9.59 Å². The number of imide groups is 1. The van der Waals surface area contributed by atoms with E-state index in [0.717, 1.165) is 32.1 Å². The molecule has 4 aliphatic rings. The number of nitrogens with zero attached hydrogens (tertiary/aromatic N) is 1. The maximum atomic E-state index is 12.8. The number of carbonyl (C=O) groups is 2. The topological polar surface area (TPSA) is 37.4 Å². The summed E-state index contributed by atoms with van der Waals surface area (Å²) in [5, 5.41) is 0. The Balaban J connectivity index is 1.63. The summed E-state index contributed by atoms with van der Waals surface area (Å²) in [7, 11) is 0. The van der Waals surface area contributed by atoms with Crippen LogP contribution < -0.4 is 0 Å². The Labute approximate surface area is 136 Å². The number of rotatable bonds is 1. The van der Waals surface area contributed by atoms with Gasteiger partial charge in [-0.1, -0.05) is 51.1 Å². The molecule has 0 radical (unpaired) electrons. The summed E-state index contributed by atoms with van der Waals surface area (Å²) in [5.41, 5.74) is 0. The van der Waals surface area contributed by atoms with Crippen LogP contribution in [0.25, 0.3) is 0 Å². The fourth-order valence-electron chi connectivity index (χ4n) is 5.07. The number of halogens is 2. The third-order valence-electron chi connectivity index (χ3n) is 5.96. The summed E-state index contributed by atoms with van der Waals surface area (Å²) >= 11 is 7.46. The first-order chi connectivity index (χ1) is 9.61. The summed E-state index contributed by atoms with van der Waals surface area (Å²) in [6, 6.07) is 0.191. The lowest BCUT2D eigenvalue weighted by Gasteiger charge is -2.30. The van der Waals surface area contributed by atoms with Crippen LogP contribution >= 0.6 is 31.9 Å². The molecule has 2 amide bonds. The van der Waals surface area contributed by atoms with Crippen molar-refractivity contribution in [3.8, 4) is 0 Å². The molecule has 0 unspecified atom stereocenters. The molecular formula is C15H19Br2NO2. The predicted octanol–water partition coefficient (Wildman–Crippen LogP) is 3.10. The Bertz CT molecular complexity index is 431. The average molecular weight is 405 g/mol. The van der Waals surface area contributed by atoms with E-state index in [-0.39, 0.29) is 29.7 Å². The lowest BCUT2D eigenvalue weighted by atomic mass is 9.81. The molecule has 5 heteroatoms. The molecule has 3 nitrogen and oxygen atoms in total. The Kier molecular flexibility index (Phi) is 3.30. The molecule has 0 aromatic carbocycles. The van der Waals surface area contributed by atoms with Crippen LogP contribution in [-0.2, 0) is 9.59 Å². The number of hydrogen-bond donors (Lipinski definition) is 0. The number of likely N-dealkylation sites (tertiary alicyclic amines) is 1. The van der Waals surface area contributed by atoms with Crippen molar-refractivity contribution < 1.29 is 9.59 Å². The highest BCUT2D eigenvalue weighted by Crippen LogP contribution is 2.60. The van der Waals surface area contributed by atoms with Gasteiger partial charge in [0.05, 0.1) is 11.8 Å². The van der Waals surface area contributed by atoms with Crippen LogP contribution in [0.1, 0.15) is 38.5 Å². The highest BCUT2D eigenvalue weighted by atomic mass is 79.9. The number of hydrogen-bond acceptors (Lipinski definition) is 2. The molecule has 0 aromatic rings. The zero-order valence-electron chi connectivity index (χ0n) is 11.3. The Morgan fingerprint density at radius 2 is 1.35 bits per heavy atom. The summed E-state index contributed by atoms with van der Waals surface area (Å²) in [6.45, 7) is 0. The van der Waals surface area contributed by atoms with Crippen molar-refractivity contribution >= 4 is 43.7 Å². The van der Waals surface area contributed by atoms with Crippen molar-refractivity contribution in [3.05, 3.63) is 0 Å². The largest absolute Gasteiger partial charge is 0.279 e. The fourth-order valence-corrected chi connectivity index (χ4v) is 6.94. The van der Waals surface area contributed by atoms with Gasteiger partial charge >= 0.3 is 0 Å². The van der Waals surface area contributed by atoms with E-state index in [4.69, 9.17) is 0 Å². The SMILES string of the molecule is O=C1[C@H]2[C@@H]3C[C@@H]([C@@H](Br)[C@H]3Br)[C@@H]2C(=O)N1C1CCCCC1. The molecule has 4 rings (SSSR count). The maximum Gasteiger partial charge on any atom is 0.233 e. The van der Waals surface area contributed by atoms with E-state index in [1.807, 2.05) is 0 Å². The third kappa shape index (κ3) is 1.68. The van der Waals surface area contributed by atoms with Gasteiger partial charge in [0.15, 0.2) is 0 Å². The van der Waals surface area contributed by atoms with Gasteiger partial charge in [-0.3, -0.25) is 14.5 Å². The van der Waals surface area contributed by atoms with Gasteiger partial charge in [0, 0.05) is 15.7 Å². The maximum absolute atomic E-state index is 12.8. The van der Waals surface area contributed by atoms with Gasteiger partial charge in [-0.05, 0) is 31.1 Å². The summed E-state index contributed by atoms with van der Waals surface area (Å²) in [4.78, 5) is 28.0. The standard InChI is InChI=1S/C15H19Br2NO2/c16-12-8-6-9(13(12)17)11-10(8)14(19)18(15(11)20)7-4-2-1-3-5-7/h7-13H,1-6H2/t8-,9+,10-,11-,12-,13+/m0/s1. The normalized spacial score (nSPS) is 48.2. The van der Waals surface area contributed by atoms with Crippen molar-refractivity contribution in [3.63, 3.8) is 0 Å². The van der Waals surface area contributed by atoms with Crippen LogP contribution in [0.4, 0.5) is 0 Å².